The molecule has 6 rings (SSSR count). The van der Waals surface area contributed by atoms with Gasteiger partial charge in [-0.05, 0) is 61.6 Å². The molecule has 3 heterocycles. The Morgan fingerprint density at radius 3 is 2.50 bits per heavy atom. The van der Waals surface area contributed by atoms with Gasteiger partial charge in [0.05, 0.1) is 0 Å². The minimum absolute atomic E-state index is 0.0297. The normalized spacial score (nSPS) is 26.9. The number of aromatic nitrogens is 2. The predicted octanol–water partition coefficient (Wildman–Crippen LogP) is 5.12. The Kier molecular flexibility index (Phi) is 5.31. The van der Waals surface area contributed by atoms with Crippen LogP contribution in [0.1, 0.15) is 28.4 Å². The standard InChI is InChI=1S/C27H30F2N4O/c28-20-5-6-25(29)24(13-20)26-22-3-1-2-4-23(22)27(32-31-26)30-21-11-18-15-33(16-19(18)12-21)14-17-7-9-34-10-8-17/h1-6,13,17-19,21H,7-12,14-16H2,(H,30,32)/t18-,19+,21?/i14D2. The second-order valence-electron chi connectivity index (χ2n) is 9.82. The lowest BCUT2D eigenvalue weighted by molar-refractivity contribution is 0.0545. The van der Waals surface area contributed by atoms with Crippen LogP contribution in [-0.4, -0.2) is 53.9 Å². The van der Waals surface area contributed by atoms with Gasteiger partial charge in [0.25, 0.3) is 0 Å². The van der Waals surface area contributed by atoms with Gasteiger partial charge >= 0.3 is 0 Å². The molecule has 3 aromatic rings. The van der Waals surface area contributed by atoms with E-state index in [0.29, 0.717) is 41.9 Å². The van der Waals surface area contributed by atoms with Gasteiger partial charge in [0.15, 0.2) is 5.82 Å². The third-order valence-electron chi connectivity index (χ3n) is 7.55. The number of fused-ring (bicyclic) bond motifs is 2. The van der Waals surface area contributed by atoms with E-state index in [2.05, 4.69) is 20.4 Å². The minimum Gasteiger partial charge on any atom is -0.381 e. The first-order valence-corrected chi connectivity index (χ1v) is 12.2. The van der Waals surface area contributed by atoms with Gasteiger partial charge in [0, 0.05) is 57.9 Å². The first-order valence-electron chi connectivity index (χ1n) is 13.2. The van der Waals surface area contributed by atoms with Gasteiger partial charge in [-0.1, -0.05) is 24.3 Å². The zero-order valence-electron chi connectivity index (χ0n) is 21.0. The van der Waals surface area contributed by atoms with Crippen LogP contribution in [0.15, 0.2) is 42.5 Å². The largest absolute Gasteiger partial charge is 0.381 e. The van der Waals surface area contributed by atoms with E-state index in [0.717, 1.165) is 62.4 Å². The Hall–Kier alpha value is -2.64. The van der Waals surface area contributed by atoms with E-state index in [9.17, 15) is 8.78 Å². The van der Waals surface area contributed by atoms with Crippen molar-refractivity contribution in [2.24, 2.45) is 17.8 Å². The Labute approximate surface area is 201 Å². The van der Waals surface area contributed by atoms with Crippen LogP contribution in [0.3, 0.4) is 0 Å². The summed E-state index contributed by atoms with van der Waals surface area (Å²) in [5.41, 5.74) is 0.418. The van der Waals surface area contributed by atoms with E-state index in [4.69, 9.17) is 7.48 Å². The topological polar surface area (TPSA) is 50.3 Å². The highest BCUT2D eigenvalue weighted by Gasteiger charge is 2.41. The zero-order chi connectivity index (χ0) is 24.9. The van der Waals surface area contributed by atoms with E-state index >= 15 is 0 Å². The fourth-order valence-corrected chi connectivity index (χ4v) is 5.89. The van der Waals surface area contributed by atoms with Crippen LogP contribution in [0.5, 0.6) is 0 Å². The molecule has 2 aliphatic heterocycles. The number of halogens is 2. The van der Waals surface area contributed by atoms with E-state index in [-0.39, 0.29) is 17.5 Å². The highest BCUT2D eigenvalue weighted by molar-refractivity contribution is 6.00. The number of nitrogens with one attached hydrogen (secondary N) is 1. The van der Waals surface area contributed by atoms with E-state index in [1.807, 2.05) is 24.3 Å². The maximum atomic E-state index is 14.5. The second-order valence-corrected chi connectivity index (χ2v) is 9.82. The number of rotatable bonds is 5. The van der Waals surface area contributed by atoms with Crippen molar-refractivity contribution >= 4 is 16.6 Å². The summed E-state index contributed by atoms with van der Waals surface area (Å²) in [5, 5.41) is 13.8. The molecule has 1 saturated carbocycles. The molecule has 3 aliphatic rings. The van der Waals surface area contributed by atoms with Crippen LogP contribution in [0.25, 0.3) is 22.0 Å². The van der Waals surface area contributed by atoms with Crippen LogP contribution in [0, 0.1) is 29.4 Å². The average Bonchev–Trinajstić information content (AvgIpc) is 3.46. The Balaban J connectivity index is 1.18. The molecule has 3 atom stereocenters. The molecule has 1 aromatic heterocycles. The van der Waals surface area contributed by atoms with Crippen LogP contribution in [0.2, 0.25) is 0 Å². The van der Waals surface area contributed by atoms with Crippen molar-refractivity contribution in [3.8, 4) is 11.3 Å². The summed E-state index contributed by atoms with van der Waals surface area (Å²) in [7, 11) is 0. The maximum absolute atomic E-state index is 14.5. The lowest BCUT2D eigenvalue weighted by atomic mass is 10.00. The molecule has 1 aliphatic carbocycles. The van der Waals surface area contributed by atoms with Crippen LogP contribution < -0.4 is 5.32 Å². The van der Waals surface area contributed by atoms with Crippen LogP contribution in [-0.2, 0) is 4.74 Å². The maximum Gasteiger partial charge on any atom is 0.156 e. The molecule has 0 amide bonds. The van der Waals surface area contributed by atoms with Gasteiger partial charge < -0.3 is 15.0 Å². The number of ether oxygens (including phenoxy) is 1. The molecule has 5 nitrogen and oxygen atoms in total. The summed E-state index contributed by atoms with van der Waals surface area (Å²) in [6.45, 7) is 1.56. The number of benzene rings is 2. The molecular formula is C27H30F2N4O. The fraction of sp³-hybridized carbons (Fsp3) is 0.481. The van der Waals surface area contributed by atoms with Crippen molar-refractivity contribution in [2.75, 3.05) is 38.1 Å². The van der Waals surface area contributed by atoms with Crippen LogP contribution >= 0.6 is 0 Å². The number of nitrogens with zero attached hydrogens (tertiary/aromatic N) is 3. The first-order chi connectivity index (χ1) is 17.4. The molecule has 1 unspecified atom stereocenters. The predicted molar refractivity (Wildman–Crippen MR) is 128 cm³/mol. The second kappa shape index (κ2) is 9.19. The average molecular weight is 467 g/mol. The van der Waals surface area contributed by atoms with Crippen molar-refractivity contribution in [3.63, 3.8) is 0 Å². The van der Waals surface area contributed by atoms with E-state index in [1.165, 1.54) is 0 Å². The summed E-state index contributed by atoms with van der Waals surface area (Å²) in [6, 6.07) is 11.1. The van der Waals surface area contributed by atoms with Crippen molar-refractivity contribution < 1.29 is 16.3 Å². The Bertz CT molecular complexity index is 1260. The third kappa shape index (κ3) is 4.27. The smallest absolute Gasteiger partial charge is 0.156 e. The molecule has 2 saturated heterocycles. The summed E-state index contributed by atoms with van der Waals surface area (Å²) in [4.78, 5) is 2.06. The van der Waals surface area contributed by atoms with Crippen molar-refractivity contribution in [1.82, 2.24) is 15.1 Å². The number of hydrogen-bond acceptors (Lipinski definition) is 5. The highest BCUT2D eigenvalue weighted by atomic mass is 19.1. The fourth-order valence-electron chi connectivity index (χ4n) is 5.89. The number of hydrogen-bond donors (Lipinski definition) is 1. The van der Waals surface area contributed by atoms with Gasteiger partial charge in [0.1, 0.15) is 17.3 Å². The van der Waals surface area contributed by atoms with Gasteiger partial charge in [-0.2, -0.15) is 0 Å². The molecule has 1 N–H and O–H groups in total. The van der Waals surface area contributed by atoms with Crippen molar-refractivity contribution in [1.29, 1.82) is 0 Å². The van der Waals surface area contributed by atoms with Crippen LogP contribution in [0.4, 0.5) is 14.6 Å². The molecule has 7 heteroatoms. The molecule has 0 bridgehead atoms. The van der Waals surface area contributed by atoms with E-state index in [1.54, 1.807) is 0 Å². The number of anilines is 1. The van der Waals surface area contributed by atoms with Gasteiger partial charge in [-0.15, -0.1) is 10.2 Å². The van der Waals surface area contributed by atoms with Crippen molar-refractivity contribution in [2.45, 2.75) is 31.7 Å². The van der Waals surface area contributed by atoms with Crippen molar-refractivity contribution in [3.05, 3.63) is 54.1 Å². The molecule has 3 fully saturated rings. The lowest BCUT2D eigenvalue weighted by Gasteiger charge is -2.27. The zero-order valence-corrected chi connectivity index (χ0v) is 19.0. The quantitative estimate of drug-likeness (QED) is 0.565. The summed E-state index contributed by atoms with van der Waals surface area (Å²) in [6.07, 6.45) is 3.46. The Morgan fingerprint density at radius 1 is 1.00 bits per heavy atom. The molecule has 0 radical (unpaired) electrons. The Morgan fingerprint density at radius 2 is 1.74 bits per heavy atom. The first kappa shape index (κ1) is 19.6. The molecule has 0 spiro atoms. The third-order valence-corrected chi connectivity index (χ3v) is 7.55. The van der Waals surface area contributed by atoms with E-state index < -0.39 is 18.1 Å². The summed E-state index contributed by atoms with van der Waals surface area (Å²) in [5.74, 6) is 0.500. The molecule has 178 valence electrons. The highest BCUT2D eigenvalue weighted by Crippen LogP contribution is 2.40. The van der Waals surface area contributed by atoms with Gasteiger partial charge in [-0.25, -0.2) is 8.78 Å². The minimum atomic E-state index is -1.29. The molecular weight excluding hydrogens is 434 g/mol. The summed E-state index contributed by atoms with van der Waals surface area (Å²) >= 11 is 0. The molecule has 2 aromatic carbocycles. The van der Waals surface area contributed by atoms with Gasteiger partial charge in [-0.3, -0.25) is 0 Å². The lowest BCUT2D eigenvalue weighted by Crippen LogP contribution is -2.32. The molecule has 34 heavy (non-hydrogen) atoms. The van der Waals surface area contributed by atoms with Gasteiger partial charge in [0.2, 0.25) is 0 Å². The summed E-state index contributed by atoms with van der Waals surface area (Å²) < 4.78 is 51.3. The number of likely N-dealkylation sites (tertiary alicyclic amines) is 1. The SMILES string of the molecule is [2H]C([2H])(C1CCOCC1)N1C[C@H]2CC(Nc3nnc(-c4cc(F)ccc4F)c4ccccc34)C[C@H]2C1. The monoisotopic (exact) mass is 466 g/mol.